The third kappa shape index (κ3) is 1.77. The van der Waals surface area contributed by atoms with Crippen LogP contribution in [0.2, 0.25) is 0 Å². The number of alkyl halides is 3. The summed E-state index contributed by atoms with van der Waals surface area (Å²) in [4.78, 5) is 10.4. The van der Waals surface area contributed by atoms with E-state index in [0.717, 1.165) is 12.3 Å². The van der Waals surface area contributed by atoms with Crippen molar-refractivity contribution in [1.29, 1.82) is 0 Å². The minimum absolute atomic E-state index is 0.167. The van der Waals surface area contributed by atoms with Crippen LogP contribution in [0.15, 0.2) is 22.8 Å². The lowest BCUT2D eigenvalue weighted by Gasteiger charge is -2.29. The minimum atomic E-state index is -4.63. The van der Waals surface area contributed by atoms with E-state index < -0.39 is 11.7 Å². The first-order chi connectivity index (χ1) is 5.91. The Morgan fingerprint density at radius 2 is 2.15 bits per heavy atom. The molecule has 0 aliphatic carbocycles. The van der Waals surface area contributed by atoms with Gasteiger partial charge in [-0.1, -0.05) is 0 Å². The topological polar surface area (TPSA) is 29.1 Å². The number of carbonyl (C=O) groups is 1. The molecule has 6 heteroatoms. The molecular formula is C7H5BrF3NO. The van der Waals surface area contributed by atoms with Gasteiger partial charge in [0.05, 0.1) is 0 Å². The summed E-state index contributed by atoms with van der Waals surface area (Å²) in [5.41, 5.74) is -2.58. The van der Waals surface area contributed by atoms with Crippen molar-refractivity contribution in [3.8, 4) is 0 Å². The molecule has 1 rings (SSSR count). The standard InChI is InChI=1S/C7H5BrF3NO/c8-5-1-2-6(4-13,12-3-5)7(9,10)11/h1-4,12H. The van der Waals surface area contributed by atoms with E-state index in [9.17, 15) is 18.0 Å². The third-order valence-corrected chi connectivity index (χ3v) is 2.10. The molecule has 0 fully saturated rings. The zero-order chi connectivity index (χ0) is 10.1. The number of hydrogen-bond donors (Lipinski definition) is 1. The monoisotopic (exact) mass is 255 g/mol. The quantitative estimate of drug-likeness (QED) is 0.726. The molecule has 72 valence electrons. The summed E-state index contributed by atoms with van der Waals surface area (Å²) in [5, 5.41) is 1.98. The average molecular weight is 256 g/mol. The van der Waals surface area contributed by atoms with Crippen LogP contribution >= 0.6 is 15.9 Å². The summed E-state index contributed by atoms with van der Waals surface area (Å²) in [6.07, 6.45) is -1.76. The number of rotatable bonds is 1. The molecule has 0 spiro atoms. The summed E-state index contributed by atoms with van der Waals surface area (Å²) in [6, 6.07) is 0. The SMILES string of the molecule is O=CC1(C(F)(F)F)C=CC(Br)=CN1. The Bertz CT molecular complexity index is 284. The van der Waals surface area contributed by atoms with Crippen molar-refractivity contribution in [2.45, 2.75) is 11.7 Å². The molecule has 1 aliphatic heterocycles. The van der Waals surface area contributed by atoms with E-state index in [-0.39, 0.29) is 6.29 Å². The third-order valence-electron chi connectivity index (χ3n) is 1.61. The minimum Gasteiger partial charge on any atom is -0.368 e. The first-order valence-electron chi connectivity index (χ1n) is 3.27. The van der Waals surface area contributed by atoms with Crippen LogP contribution in [0.5, 0.6) is 0 Å². The van der Waals surface area contributed by atoms with Crippen LogP contribution in [0.4, 0.5) is 13.2 Å². The lowest BCUT2D eigenvalue weighted by molar-refractivity contribution is -0.177. The molecular weight excluding hydrogens is 251 g/mol. The van der Waals surface area contributed by atoms with Gasteiger partial charge in [-0.05, 0) is 28.1 Å². The second-order valence-corrected chi connectivity index (χ2v) is 3.41. The largest absolute Gasteiger partial charge is 0.422 e. The molecule has 0 aromatic heterocycles. The van der Waals surface area contributed by atoms with Gasteiger partial charge < -0.3 is 5.32 Å². The summed E-state index contributed by atoms with van der Waals surface area (Å²) in [5.74, 6) is 0. The molecule has 13 heavy (non-hydrogen) atoms. The average Bonchev–Trinajstić information content (AvgIpc) is 2.04. The molecule has 0 saturated carbocycles. The van der Waals surface area contributed by atoms with Crippen LogP contribution in [0.3, 0.4) is 0 Å². The maximum absolute atomic E-state index is 12.3. The van der Waals surface area contributed by atoms with Crippen molar-refractivity contribution < 1.29 is 18.0 Å². The maximum Gasteiger partial charge on any atom is 0.422 e. The Labute approximate surface area is 80.6 Å². The Balaban J connectivity index is 3.01. The van der Waals surface area contributed by atoms with Gasteiger partial charge in [-0.2, -0.15) is 13.2 Å². The van der Waals surface area contributed by atoms with Crippen LogP contribution in [0.1, 0.15) is 0 Å². The lowest BCUT2D eigenvalue weighted by atomic mass is 9.99. The van der Waals surface area contributed by atoms with Gasteiger partial charge in [-0.25, -0.2) is 0 Å². The predicted molar refractivity (Wildman–Crippen MR) is 44.1 cm³/mol. The second kappa shape index (κ2) is 3.17. The number of hydrogen-bond acceptors (Lipinski definition) is 2. The lowest BCUT2D eigenvalue weighted by Crippen LogP contribution is -2.55. The first-order valence-corrected chi connectivity index (χ1v) is 4.06. The fourth-order valence-corrected chi connectivity index (χ4v) is 1.06. The number of nitrogens with one attached hydrogen (secondary N) is 1. The molecule has 1 unspecified atom stereocenters. The molecule has 1 heterocycles. The summed E-state index contributed by atoms with van der Waals surface area (Å²) < 4.78 is 37.5. The van der Waals surface area contributed by atoms with Gasteiger partial charge in [0, 0.05) is 10.7 Å². The van der Waals surface area contributed by atoms with Gasteiger partial charge in [0.25, 0.3) is 0 Å². The van der Waals surface area contributed by atoms with Gasteiger partial charge in [-0.3, -0.25) is 4.79 Å². The van der Waals surface area contributed by atoms with Crippen molar-refractivity contribution in [3.63, 3.8) is 0 Å². The van der Waals surface area contributed by atoms with Crippen LogP contribution in [0, 0.1) is 0 Å². The van der Waals surface area contributed by atoms with Crippen molar-refractivity contribution in [2.75, 3.05) is 0 Å². The van der Waals surface area contributed by atoms with Crippen molar-refractivity contribution >= 4 is 22.2 Å². The molecule has 0 aromatic carbocycles. The fraction of sp³-hybridized carbons (Fsp3) is 0.286. The van der Waals surface area contributed by atoms with Gasteiger partial charge >= 0.3 is 6.18 Å². The fourth-order valence-electron chi connectivity index (χ4n) is 0.812. The molecule has 0 amide bonds. The van der Waals surface area contributed by atoms with Crippen molar-refractivity contribution in [1.82, 2.24) is 5.32 Å². The Hall–Kier alpha value is -0.780. The molecule has 2 nitrogen and oxygen atoms in total. The molecule has 0 radical (unpaired) electrons. The van der Waals surface area contributed by atoms with E-state index in [4.69, 9.17) is 0 Å². The highest BCUT2D eigenvalue weighted by molar-refractivity contribution is 9.11. The highest BCUT2D eigenvalue weighted by atomic mass is 79.9. The summed E-state index contributed by atoms with van der Waals surface area (Å²) in [6.45, 7) is 0. The molecule has 0 saturated heterocycles. The van der Waals surface area contributed by atoms with Crippen molar-refractivity contribution in [2.24, 2.45) is 0 Å². The molecule has 0 bridgehead atoms. The second-order valence-electron chi connectivity index (χ2n) is 2.49. The number of dihydropyridines is 1. The smallest absolute Gasteiger partial charge is 0.368 e. The zero-order valence-electron chi connectivity index (χ0n) is 6.23. The van der Waals surface area contributed by atoms with E-state index in [1.807, 2.05) is 5.32 Å². The van der Waals surface area contributed by atoms with Crippen LogP contribution in [0.25, 0.3) is 0 Å². The first kappa shape index (κ1) is 10.3. The van der Waals surface area contributed by atoms with E-state index in [0.29, 0.717) is 4.48 Å². The van der Waals surface area contributed by atoms with Gasteiger partial charge in [-0.15, -0.1) is 0 Å². The highest BCUT2D eigenvalue weighted by Crippen LogP contribution is 2.32. The van der Waals surface area contributed by atoms with Gasteiger partial charge in [0.15, 0.2) is 6.29 Å². The van der Waals surface area contributed by atoms with Gasteiger partial charge in [0.2, 0.25) is 5.54 Å². The number of halogens is 4. The number of aldehydes is 1. The van der Waals surface area contributed by atoms with E-state index in [1.54, 1.807) is 0 Å². The molecule has 0 aromatic rings. The Morgan fingerprint density at radius 1 is 1.54 bits per heavy atom. The van der Waals surface area contributed by atoms with Gasteiger partial charge in [0.1, 0.15) is 0 Å². The van der Waals surface area contributed by atoms with Crippen LogP contribution in [-0.4, -0.2) is 18.0 Å². The van der Waals surface area contributed by atoms with E-state index in [1.165, 1.54) is 6.08 Å². The Morgan fingerprint density at radius 3 is 2.46 bits per heavy atom. The van der Waals surface area contributed by atoms with Crippen molar-refractivity contribution in [3.05, 3.63) is 22.8 Å². The zero-order valence-corrected chi connectivity index (χ0v) is 7.82. The molecule has 1 atom stereocenters. The van der Waals surface area contributed by atoms with E-state index in [2.05, 4.69) is 15.9 Å². The highest BCUT2D eigenvalue weighted by Gasteiger charge is 2.53. The maximum atomic E-state index is 12.3. The van der Waals surface area contributed by atoms with E-state index >= 15 is 0 Å². The number of allylic oxidation sites excluding steroid dienone is 2. The predicted octanol–water partition coefficient (Wildman–Crippen LogP) is 1.88. The summed E-state index contributed by atoms with van der Waals surface area (Å²) >= 11 is 2.96. The summed E-state index contributed by atoms with van der Waals surface area (Å²) in [7, 11) is 0. The molecule has 1 aliphatic rings. The number of carbonyl (C=O) groups excluding carboxylic acids is 1. The van der Waals surface area contributed by atoms with Crippen LogP contribution < -0.4 is 5.32 Å². The molecule has 1 N–H and O–H groups in total. The van der Waals surface area contributed by atoms with Crippen LogP contribution in [-0.2, 0) is 4.79 Å². The normalized spacial score (nSPS) is 27.8. The Kier molecular flexibility index (Phi) is 2.51.